The van der Waals surface area contributed by atoms with E-state index < -0.39 is 0 Å². The minimum absolute atomic E-state index is 0.303. The van der Waals surface area contributed by atoms with Gasteiger partial charge in [-0.15, -0.1) is 0 Å². The number of hydrogen-bond acceptors (Lipinski definition) is 4. The van der Waals surface area contributed by atoms with Gasteiger partial charge in [0, 0.05) is 27.9 Å². The average Bonchev–Trinajstić information content (AvgIpc) is 3.47. The zero-order valence-corrected chi connectivity index (χ0v) is 19.7. The van der Waals surface area contributed by atoms with Crippen LogP contribution >= 0.6 is 34.8 Å². The fourth-order valence-electron chi connectivity index (χ4n) is 3.34. The largest absolute Gasteiger partial charge is 0.457 e. The Hall–Kier alpha value is -3.51. The smallest absolute Gasteiger partial charge is 0.248 e. The summed E-state index contributed by atoms with van der Waals surface area (Å²) in [5.74, 6) is 1.24. The molecule has 2 aromatic heterocycles. The number of aromatic nitrogens is 1. The van der Waals surface area contributed by atoms with Gasteiger partial charge in [0.15, 0.2) is 5.58 Å². The summed E-state index contributed by atoms with van der Waals surface area (Å²) in [5.41, 5.74) is 3.43. The first-order valence-corrected chi connectivity index (χ1v) is 11.3. The van der Waals surface area contributed by atoms with Gasteiger partial charge in [-0.2, -0.15) is 0 Å². The highest BCUT2D eigenvalue weighted by Crippen LogP contribution is 2.34. The quantitative estimate of drug-likeness (QED) is 0.242. The summed E-state index contributed by atoms with van der Waals surface area (Å²) in [6, 6.07) is 21.3. The number of carbonyl (C=O) groups is 1. The first kappa shape index (κ1) is 22.3. The highest BCUT2D eigenvalue weighted by Gasteiger charge is 2.11. The number of oxazole rings is 1. The SMILES string of the molecule is O=C(C=Cc1ccc(-c2cccc(Cl)c2Cl)o1)Nc1ccc(-c2nc3cc(Cl)ccc3o2)cc1. The first-order chi connectivity index (χ1) is 16.5. The van der Waals surface area contributed by atoms with Crippen molar-refractivity contribution in [3.63, 3.8) is 0 Å². The van der Waals surface area contributed by atoms with E-state index in [-0.39, 0.29) is 5.91 Å². The number of hydrogen-bond donors (Lipinski definition) is 1. The summed E-state index contributed by atoms with van der Waals surface area (Å²) >= 11 is 18.3. The van der Waals surface area contributed by atoms with E-state index in [4.69, 9.17) is 43.6 Å². The van der Waals surface area contributed by atoms with Gasteiger partial charge in [-0.1, -0.05) is 40.9 Å². The van der Waals surface area contributed by atoms with Gasteiger partial charge >= 0.3 is 0 Å². The summed E-state index contributed by atoms with van der Waals surface area (Å²) in [6.07, 6.45) is 2.97. The maximum Gasteiger partial charge on any atom is 0.248 e. The summed E-state index contributed by atoms with van der Waals surface area (Å²) in [6.45, 7) is 0. The molecule has 0 fully saturated rings. The van der Waals surface area contributed by atoms with E-state index in [1.165, 1.54) is 6.08 Å². The molecule has 0 aliphatic heterocycles. The van der Waals surface area contributed by atoms with Crippen LogP contribution in [-0.4, -0.2) is 10.9 Å². The van der Waals surface area contributed by atoms with Crippen molar-refractivity contribution >= 4 is 63.6 Å². The lowest BCUT2D eigenvalue weighted by Gasteiger charge is -2.03. The Morgan fingerprint density at radius 2 is 1.74 bits per heavy atom. The van der Waals surface area contributed by atoms with Crippen LogP contribution in [-0.2, 0) is 4.79 Å². The topological polar surface area (TPSA) is 68.3 Å². The zero-order chi connectivity index (χ0) is 23.7. The molecule has 0 spiro atoms. The number of rotatable bonds is 5. The van der Waals surface area contributed by atoms with Crippen LogP contribution in [0.15, 0.2) is 87.7 Å². The second-order valence-electron chi connectivity index (χ2n) is 7.33. The van der Waals surface area contributed by atoms with Gasteiger partial charge < -0.3 is 14.2 Å². The standard InChI is InChI=1S/C26H15Cl3N2O3/c27-16-6-11-23-21(14-16)31-26(34-23)15-4-7-17(8-5-15)30-24(32)13-10-18-9-12-22(33-18)19-2-1-3-20(28)25(19)29/h1-14H,(H,30,32). The molecule has 0 unspecified atom stereocenters. The summed E-state index contributed by atoms with van der Waals surface area (Å²) in [5, 5.41) is 4.26. The van der Waals surface area contributed by atoms with Crippen molar-refractivity contribution in [2.45, 2.75) is 0 Å². The molecule has 0 radical (unpaired) electrons. The average molecular weight is 510 g/mol. The van der Waals surface area contributed by atoms with Gasteiger partial charge in [0.2, 0.25) is 11.8 Å². The third-order valence-corrected chi connectivity index (χ3v) is 6.05. The van der Waals surface area contributed by atoms with Gasteiger partial charge in [0.25, 0.3) is 0 Å². The third kappa shape index (κ3) is 4.73. The van der Waals surface area contributed by atoms with Crippen LogP contribution in [0.3, 0.4) is 0 Å². The lowest BCUT2D eigenvalue weighted by atomic mass is 10.2. The number of carbonyl (C=O) groups excluding carboxylic acids is 1. The van der Waals surface area contributed by atoms with Gasteiger partial charge in [-0.25, -0.2) is 4.98 Å². The van der Waals surface area contributed by atoms with E-state index in [2.05, 4.69) is 10.3 Å². The molecule has 1 amide bonds. The molecule has 5 aromatic rings. The Balaban J connectivity index is 1.25. The molecule has 5 nitrogen and oxygen atoms in total. The molecular formula is C26H15Cl3N2O3. The number of halogens is 3. The molecule has 3 aromatic carbocycles. The van der Waals surface area contributed by atoms with E-state index in [0.29, 0.717) is 54.8 Å². The minimum Gasteiger partial charge on any atom is -0.457 e. The van der Waals surface area contributed by atoms with E-state index in [0.717, 1.165) is 5.56 Å². The predicted molar refractivity (Wildman–Crippen MR) is 136 cm³/mol. The molecule has 0 saturated carbocycles. The Bertz CT molecular complexity index is 1530. The number of fused-ring (bicyclic) bond motifs is 1. The number of furan rings is 1. The van der Waals surface area contributed by atoms with Gasteiger partial charge in [0.1, 0.15) is 17.0 Å². The monoisotopic (exact) mass is 508 g/mol. The molecule has 5 rings (SSSR count). The molecule has 168 valence electrons. The molecule has 0 bridgehead atoms. The lowest BCUT2D eigenvalue weighted by molar-refractivity contribution is -0.111. The number of amides is 1. The van der Waals surface area contributed by atoms with Gasteiger partial charge in [-0.05, 0) is 72.8 Å². The highest BCUT2D eigenvalue weighted by molar-refractivity contribution is 6.43. The third-order valence-electron chi connectivity index (χ3n) is 4.99. The molecule has 0 aliphatic rings. The molecule has 8 heteroatoms. The first-order valence-electron chi connectivity index (χ1n) is 10.2. The normalized spacial score (nSPS) is 11.4. The highest BCUT2D eigenvalue weighted by atomic mass is 35.5. The second-order valence-corrected chi connectivity index (χ2v) is 8.56. The lowest BCUT2D eigenvalue weighted by Crippen LogP contribution is -2.07. The molecule has 0 aliphatic carbocycles. The predicted octanol–water partition coefficient (Wildman–Crippen LogP) is 8.37. The summed E-state index contributed by atoms with van der Waals surface area (Å²) in [4.78, 5) is 16.8. The fourth-order valence-corrected chi connectivity index (χ4v) is 3.90. The van der Waals surface area contributed by atoms with E-state index in [1.54, 1.807) is 60.7 Å². The van der Waals surface area contributed by atoms with Crippen molar-refractivity contribution in [2.75, 3.05) is 5.32 Å². The number of nitrogens with zero attached hydrogens (tertiary/aromatic N) is 1. The second kappa shape index (κ2) is 9.39. The van der Waals surface area contributed by atoms with Crippen molar-refractivity contribution < 1.29 is 13.6 Å². The van der Waals surface area contributed by atoms with E-state index in [9.17, 15) is 4.79 Å². The zero-order valence-electron chi connectivity index (χ0n) is 17.4. The molecule has 1 N–H and O–H groups in total. The van der Waals surface area contributed by atoms with Gasteiger partial charge in [0.05, 0.1) is 10.0 Å². The van der Waals surface area contributed by atoms with Gasteiger partial charge in [-0.3, -0.25) is 4.79 Å². The van der Waals surface area contributed by atoms with E-state index in [1.807, 2.05) is 18.2 Å². The van der Waals surface area contributed by atoms with Crippen LogP contribution in [0.4, 0.5) is 5.69 Å². The maximum absolute atomic E-state index is 12.3. The van der Waals surface area contributed by atoms with Crippen LogP contribution < -0.4 is 5.32 Å². The summed E-state index contributed by atoms with van der Waals surface area (Å²) < 4.78 is 11.5. The Morgan fingerprint density at radius 1 is 0.912 bits per heavy atom. The van der Waals surface area contributed by atoms with E-state index >= 15 is 0 Å². The van der Waals surface area contributed by atoms with Crippen LogP contribution in [0, 0.1) is 0 Å². The van der Waals surface area contributed by atoms with Crippen molar-refractivity contribution in [3.8, 4) is 22.8 Å². The molecule has 0 saturated heterocycles. The van der Waals surface area contributed by atoms with Crippen molar-refractivity contribution in [1.82, 2.24) is 4.98 Å². The van der Waals surface area contributed by atoms with Crippen LogP contribution in [0.1, 0.15) is 5.76 Å². The molecule has 0 atom stereocenters. The molecule has 34 heavy (non-hydrogen) atoms. The number of anilines is 1. The Kier molecular flexibility index (Phi) is 6.16. The molecule has 2 heterocycles. The fraction of sp³-hybridized carbons (Fsp3) is 0. The van der Waals surface area contributed by atoms with Crippen LogP contribution in [0.5, 0.6) is 0 Å². The van der Waals surface area contributed by atoms with Crippen molar-refractivity contribution in [3.05, 3.63) is 99.7 Å². The Labute approximate surface area is 209 Å². The maximum atomic E-state index is 12.3. The van der Waals surface area contributed by atoms with Crippen LogP contribution in [0.25, 0.3) is 40.0 Å². The molecular weight excluding hydrogens is 495 g/mol. The summed E-state index contributed by atoms with van der Waals surface area (Å²) in [7, 11) is 0. The van der Waals surface area contributed by atoms with Crippen molar-refractivity contribution in [1.29, 1.82) is 0 Å². The Morgan fingerprint density at radius 3 is 2.56 bits per heavy atom. The van der Waals surface area contributed by atoms with Crippen molar-refractivity contribution in [2.24, 2.45) is 0 Å². The number of nitrogens with one attached hydrogen (secondary N) is 1. The number of benzene rings is 3. The van der Waals surface area contributed by atoms with Crippen LogP contribution in [0.2, 0.25) is 15.1 Å². The minimum atomic E-state index is -0.303.